The van der Waals surface area contributed by atoms with Crippen LogP contribution in [-0.2, 0) is 23.1 Å². The van der Waals surface area contributed by atoms with Crippen LogP contribution in [0.15, 0.2) is 103 Å². The molecule has 0 radical (unpaired) electrons. The lowest BCUT2D eigenvalue weighted by Crippen LogP contribution is -2.45. The van der Waals surface area contributed by atoms with E-state index in [-0.39, 0.29) is 18.1 Å². The minimum Gasteiger partial charge on any atom is -0.493 e. The van der Waals surface area contributed by atoms with Crippen LogP contribution in [0, 0.1) is 0 Å². The first kappa shape index (κ1) is 30.9. The Labute approximate surface area is 248 Å². The number of aliphatic carboxylic acids is 1. The van der Waals surface area contributed by atoms with Crippen molar-refractivity contribution in [3.63, 3.8) is 0 Å². The zero-order valence-corrected chi connectivity index (χ0v) is 23.8. The number of carboxylic acid groups (broad SMARTS) is 1. The van der Waals surface area contributed by atoms with Gasteiger partial charge in [0.25, 0.3) is 0 Å². The van der Waals surface area contributed by atoms with E-state index in [0.717, 1.165) is 17.2 Å². The molecule has 42 heavy (non-hydrogen) atoms. The second-order valence-electron chi connectivity index (χ2n) is 9.98. The molecule has 2 N–H and O–H groups in total. The molecule has 0 aromatic heterocycles. The summed E-state index contributed by atoms with van der Waals surface area (Å²) in [6.07, 6.45) is -4.01. The summed E-state index contributed by atoms with van der Waals surface area (Å²) in [6.45, 7) is 2.82. The molecule has 4 rings (SSSR count). The van der Waals surface area contributed by atoms with Crippen LogP contribution >= 0.6 is 11.6 Å². The number of ether oxygens (including phenoxy) is 1. The fraction of sp³-hybridized carbons (Fsp3) is 0.242. The lowest BCUT2D eigenvalue weighted by molar-refractivity contribution is -0.137. The van der Waals surface area contributed by atoms with Gasteiger partial charge in [-0.15, -0.1) is 0 Å². The molecule has 0 saturated heterocycles. The number of nitrogens with zero attached hydrogens (tertiary/aromatic N) is 1. The maximum absolute atomic E-state index is 13.7. The van der Waals surface area contributed by atoms with Crippen molar-refractivity contribution >= 4 is 23.3 Å². The van der Waals surface area contributed by atoms with E-state index in [2.05, 4.69) is 17.1 Å². The Morgan fingerprint density at radius 3 is 2.12 bits per heavy atom. The predicted octanol–water partition coefficient (Wildman–Crippen LogP) is 8.09. The Balaban J connectivity index is 1.63. The van der Waals surface area contributed by atoms with Gasteiger partial charge in [0.05, 0.1) is 22.7 Å². The summed E-state index contributed by atoms with van der Waals surface area (Å²) in [6, 6.07) is 30.7. The van der Waals surface area contributed by atoms with Crippen molar-refractivity contribution in [3.05, 3.63) is 130 Å². The zero-order chi connectivity index (χ0) is 30.2. The van der Waals surface area contributed by atoms with Crippen LogP contribution in [0.5, 0.6) is 5.75 Å². The molecular weight excluding hydrogens is 565 g/mol. The van der Waals surface area contributed by atoms with Crippen molar-refractivity contribution in [2.45, 2.75) is 31.6 Å². The van der Waals surface area contributed by atoms with Gasteiger partial charge in [-0.2, -0.15) is 13.2 Å². The third-order valence-corrected chi connectivity index (χ3v) is 7.61. The molecule has 4 aromatic rings. The van der Waals surface area contributed by atoms with Gasteiger partial charge in [0.15, 0.2) is 0 Å². The van der Waals surface area contributed by atoms with Crippen LogP contribution < -0.4 is 10.1 Å². The molecule has 0 aliphatic carbocycles. The number of benzene rings is 4. The first-order valence-electron chi connectivity index (χ1n) is 13.5. The first-order chi connectivity index (χ1) is 20.1. The molecule has 0 aliphatic heterocycles. The molecule has 0 aliphatic rings. The fourth-order valence-electron chi connectivity index (χ4n) is 4.96. The first-order valence-corrected chi connectivity index (χ1v) is 13.9. The Hall–Kier alpha value is -4.01. The highest BCUT2D eigenvalue weighted by Gasteiger charge is 2.37. The molecule has 0 atom stereocenters. The zero-order valence-electron chi connectivity index (χ0n) is 23.1. The average Bonchev–Trinajstić information content (AvgIpc) is 2.98. The summed E-state index contributed by atoms with van der Waals surface area (Å²) >= 11 is 6.37. The number of carboxylic acids is 1. The summed E-state index contributed by atoms with van der Waals surface area (Å²) in [5.41, 5.74) is 1.40. The summed E-state index contributed by atoms with van der Waals surface area (Å²) < 4.78 is 47.1. The molecule has 0 saturated carbocycles. The summed E-state index contributed by atoms with van der Waals surface area (Å²) in [4.78, 5) is 13.0. The lowest BCUT2D eigenvalue weighted by atomic mass is 9.82. The van der Waals surface area contributed by atoms with Gasteiger partial charge in [-0.25, -0.2) is 0 Å². The smallest absolute Gasteiger partial charge is 0.417 e. The molecule has 5 nitrogen and oxygen atoms in total. The predicted molar refractivity (Wildman–Crippen MR) is 159 cm³/mol. The van der Waals surface area contributed by atoms with Gasteiger partial charge in [0, 0.05) is 24.8 Å². The monoisotopic (exact) mass is 596 g/mol. The van der Waals surface area contributed by atoms with E-state index in [1.807, 2.05) is 60.7 Å². The molecule has 0 unspecified atom stereocenters. The van der Waals surface area contributed by atoms with Gasteiger partial charge in [0.2, 0.25) is 0 Å². The average molecular weight is 597 g/mol. The van der Waals surface area contributed by atoms with E-state index in [9.17, 15) is 18.0 Å². The highest BCUT2D eigenvalue weighted by molar-refractivity contribution is 6.32. The fourth-order valence-corrected chi connectivity index (χ4v) is 5.26. The molecule has 220 valence electrons. The van der Waals surface area contributed by atoms with Crippen molar-refractivity contribution in [1.82, 2.24) is 4.90 Å². The number of hydrogen-bond acceptors (Lipinski definition) is 4. The van der Waals surface area contributed by atoms with Gasteiger partial charge >= 0.3 is 12.1 Å². The summed E-state index contributed by atoms with van der Waals surface area (Å²) in [5, 5.41) is 11.4. The van der Waals surface area contributed by atoms with Crippen LogP contribution in [0.2, 0.25) is 5.02 Å². The Kier molecular flexibility index (Phi) is 10.1. The second-order valence-corrected chi connectivity index (χ2v) is 10.4. The molecule has 0 heterocycles. The van der Waals surface area contributed by atoms with E-state index >= 15 is 0 Å². The van der Waals surface area contributed by atoms with E-state index in [1.54, 1.807) is 30.3 Å². The lowest BCUT2D eigenvalue weighted by Gasteiger charge is -2.43. The molecule has 9 heteroatoms. The van der Waals surface area contributed by atoms with E-state index < -0.39 is 23.2 Å². The number of rotatable bonds is 13. The summed E-state index contributed by atoms with van der Waals surface area (Å²) in [7, 11) is 0. The van der Waals surface area contributed by atoms with Gasteiger partial charge in [-0.3, -0.25) is 9.69 Å². The SMILES string of the molecule is CC(c1ccccc1)(c1ccccc1)N(CCCOc1cccc(NCC(=O)O)c1)Cc1cccc(C(F)(F)F)c1Cl. The number of nitrogens with one attached hydrogen (secondary N) is 1. The molecule has 0 amide bonds. The minimum atomic E-state index is -4.57. The largest absolute Gasteiger partial charge is 0.493 e. The maximum Gasteiger partial charge on any atom is 0.417 e. The van der Waals surface area contributed by atoms with Crippen molar-refractivity contribution in [2.75, 3.05) is 25.0 Å². The third kappa shape index (κ3) is 7.63. The maximum atomic E-state index is 13.7. The van der Waals surface area contributed by atoms with Gasteiger partial charge in [-0.1, -0.05) is 90.5 Å². The van der Waals surface area contributed by atoms with Gasteiger partial charge in [-0.05, 0) is 48.2 Å². The highest BCUT2D eigenvalue weighted by Crippen LogP contribution is 2.40. The van der Waals surface area contributed by atoms with E-state index in [4.69, 9.17) is 21.4 Å². The van der Waals surface area contributed by atoms with Crippen molar-refractivity contribution in [1.29, 1.82) is 0 Å². The Morgan fingerprint density at radius 1 is 0.905 bits per heavy atom. The standard InChI is InChI=1S/C33H32ClF3N2O3/c1-32(25-12-4-2-5-13-25,26-14-6-3-7-15-26)39(23-24-11-8-18-29(31(24)34)33(35,36)37)19-10-20-42-28-17-9-16-27(21-28)38-22-30(40)41/h2-9,11-18,21,38H,10,19-20,22-23H2,1H3,(H,40,41). The van der Waals surface area contributed by atoms with Crippen LogP contribution in [0.3, 0.4) is 0 Å². The van der Waals surface area contributed by atoms with E-state index in [0.29, 0.717) is 36.6 Å². The van der Waals surface area contributed by atoms with Crippen molar-refractivity contribution in [2.24, 2.45) is 0 Å². The number of anilines is 1. The number of carbonyl (C=O) groups is 1. The highest BCUT2D eigenvalue weighted by atomic mass is 35.5. The quantitative estimate of drug-likeness (QED) is 0.153. The molecular formula is C33H32ClF3N2O3. The summed E-state index contributed by atoms with van der Waals surface area (Å²) in [5.74, 6) is -0.395. The molecule has 0 spiro atoms. The number of hydrogen-bond donors (Lipinski definition) is 2. The normalized spacial score (nSPS) is 11.9. The number of halogens is 4. The van der Waals surface area contributed by atoms with Gasteiger partial charge < -0.3 is 15.2 Å². The van der Waals surface area contributed by atoms with Crippen LogP contribution in [-0.4, -0.2) is 35.7 Å². The second kappa shape index (κ2) is 13.8. The van der Waals surface area contributed by atoms with Crippen LogP contribution in [0.1, 0.15) is 35.6 Å². The topological polar surface area (TPSA) is 61.8 Å². The van der Waals surface area contributed by atoms with Crippen LogP contribution in [0.4, 0.5) is 18.9 Å². The van der Waals surface area contributed by atoms with Gasteiger partial charge in [0.1, 0.15) is 12.3 Å². The number of alkyl halides is 3. The van der Waals surface area contributed by atoms with E-state index in [1.165, 1.54) is 6.07 Å². The van der Waals surface area contributed by atoms with Crippen molar-refractivity contribution in [3.8, 4) is 5.75 Å². The Morgan fingerprint density at radius 2 is 1.52 bits per heavy atom. The minimum absolute atomic E-state index is 0.164. The molecule has 4 aromatic carbocycles. The van der Waals surface area contributed by atoms with Crippen LogP contribution in [0.25, 0.3) is 0 Å². The molecule has 0 fully saturated rings. The van der Waals surface area contributed by atoms with Crippen molar-refractivity contribution < 1.29 is 27.8 Å². The molecule has 0 bridgehead atoms. The third-order valence-electron chi connectivity index (χ3n) is 7.17. The Bertz CT molecular complexity index is 1430.